The summed E-state index contributed by atoms with van der Waals surface area (Å²) in [6.45, 7) is 2.39. The van der Waals surface area contributed by atoms with Gasteiger partial charge in [0.2, 0.25) is 10.0 Å². The largest absolute Gasteiger partial charge is 0.481 e. The summed E-state index contributed by atoms with van der Waals surface area (Å²) in [5, 5.41) is 8.85. The Balaban J connectivity index is 2.02. The Kier molecular flexibility index (Phi) is 2.74. The molecule has 0 amide bonds. The number of nitrogens with zero attached hydrogens (tertiary/aromatic N) is 1. The number of hydrogen-bond donors (Lipinski definition) is 1. The first-order chi connectivity index (χ1) is 7.36. The van der Waals surface area contributed by atoms with Gasteiger partial charge in [-0.15, -0.1) is 0 Å². The molecule has 1 aliphatic carbocycles. The molecule has 1 aliphatic heterocycles. The van der Waals surface area contributed by atoms with Gasteiger partial charge in [-0.2, -0.15) is 0 Å². The predicted octanol–water partition coefficient (Wildman–Crippen LogP) is 0.665. The van der Waals surface area contributed by atoms with E-state index in [9.17, 15) is 13.2 Å². The van der Waals surface area contributed by atoms with E-state index >= 15 is 0 Å². The van der Waals surface area contributed by atoms with Gasteiger partial charge >= 0.3 is 5.97 Å². The molecule has 1 saturated carbocycles. The van der Waals surface area contributed by atoms with Crippen LogP contribution in [0.25, 0.3) is 0 Å². The third-order valence-electron chi connectivity index (χ3n) is 3.65. The van der Waals surface area contributed by atoms with Crippen molar-refractivity contribution >= 4 is 16.0 Å². The molecule has 0 spiro atoms. The molecule has 5 nitrogen and oxygen atoms in total. The van der Waals surface area contributed by atoms with Crippen LogP contribution in [0.3, 0.4) is 0 Å². The molecule has 0 aromatic heterocycles. The van der Waals surface area contributed by atoms with Gasteiger partial charge in [-0.05, 0) is 32.6 Å². The number of carbonyl (C=O) groups is 1. The molecule has 1 heterocycles. The van der Waals surface area contributed by atoms with Crippen LogP contribution < -0.4 is 0 Å². The predicted molar refractivity (Wildman–Crippen MR) is 58.5 cm³/mol. The second-order valence-electron chi connectivity index (χ2n) is 5.01. The Labute approximate surface area is 95.5 Å². The van der Waals surface area contributed by atoms with Gasteiger partial charge in [0.05, 0.1) is 10.7 Å². The van der Waals surface area contributed by atoms with Crippen molar-refractivity contribution in [2.45, 2.75) is 37.9 Å². The second-order valence-corrected chi connectivity index (χ2v) is 7.22. The lowest BCUT2D eigenvalue weighted by Gasteiger charge is -2.35. The number of carboxylic acid groups (broad SMARTS) is 1. The van der Waals surface area contributed by atoms with E-state index in [0.29, 0.717) is 25.9 Å². The summed E-state index contributed by atoms with van der Waals surface area (Å²) >= 11 is 0. The minimum absolute atomic E-state index is 0.193. The number of rotatable bonds is 3. The van der Waals surface area contributed by atoms with Crippen molar-refractivity contribution in [1.29, 1.82) is 0 Å². The van der Waals surface area contributed by atoms with Crippen molar-refractivity contribution in [1.82, 2.24) is 4.31 Å². The first kappa shape index (κ1) is 11.9. The highest BCUT2D eigenvalue weighted by Crippen LogP contribution is 2.36. The van der Waals surface area contributed by atoms with E-state index in [0.717, 1.165) is 12.8 Å². The van der Waals surface area contributed by atoms with Crippen molar-refractivity contribution in [3.05, 3.63) is 0 Å². The van der Waals surface area contributed by atoms with Crippen LogP contribution in [0.15, 0.2) is 0 Å². The number of piperidine rings is 1. The van der Waals surface area contributed by atoms with Gasteiger partial charge in [0, 0.05) is 13.1 Å². The summed E-state index contributed by atoms with van der Waals surface area (Å²) < 4.78 is 25.3. The molecule has 16 heavy (non-hydrogen) atoms. The zero-order valence-electron chi connectivity index (χ0n) is 9.35. The molecule has 0 unspecified atom stereocenters. The molecular weight excluding hydrogens is 230 g/mol. The van der Waals surface area contributed by atoms with E-state index < -0.39 is 21.4 Å². The molecule has 2 rings (SSSR count). The van der Waals surface area contributed by atoms with Crippen LogP contribution in [0.1, 0.15) is 32.6 Å². The summed E-state index contributed by atoms with van der Waals surface area (Å²) in [6.07, 6.45) is 2.34. The third kappa shape index (κ3) is 1.96. The van der Waals surface area contributed by atoms with E-state index in [1.165, 1.54) is 4.31 Å². The molecule has 1 N–H and O–H groups in total. The van der Waals surface area contributed by atoms with Gasteiger partial charge < -0.3 is 5.11 Å². The zero-order valence-corrected chi connectivity index (χ0v) is 10.2. The summed E-state index contributed by atoms with van der Waals surface area (Å²) in [6, 6.07) is 0. The second kappa shape index (κ2) is 3.70. The smallest absolute Gasteiger partial charge is 0.309 e. The highest BCUT2D eigenvalue weighted by molar-refractivity contribution is 7.90. The molecule has 2 fully saturated rings. The van der Waals surface area contributed by atoms with Crippen LogP contribution >= 0.6 is 0 Å². The van der Waals surface area contributed by atoms with E-state index in [1.807, 2.05) is 0 Å². The lowest BCUT2D eigenvalue weighted by Crippen LogP contribution is -2.46. The Morgan fingerprint density at radius 3 is 2.19 bits per heavy atom. The fourth-order valence-electron chi connectivity index (χ4n) is 2.02. The SMILES string of the molecule is CC1(C(=O)O)CCN(S(=O)(=O)C2CC2)CC1. The maximum absolute atomic E-state index is 11.9. The average Bonchev–Trinajstić information content (AvgIpc) is 3.01. The van der Waals surface area contributed by atoms with E-state index in [-0.39, 0.29) is 5.25 Å². The standard InChI is InChI=1S/C10H17NO4S/c1-10(9(12)13)4-6-11(7-5-10)16(14,15)8-2-3-8/h8H,2-7H2,1H3,(H,12,13). The Morgan fingerprint density at radius 2 is 1.81 bits per heavy atom. The third-order valence-corrected chi connectivity index (χ3v) is 6.05. The van der Waals surface area contributed by atoms with E-state index in [4.69, 9.17) is 5.11 Å². The zero-order chi connectivity index (χ0) is 12.0. The monoisotopic (exact) mass is 247 g/mol. The van der Waals surface area contributed by atoms with Crippen LogP contribution in [0.4, 0.5) is 0 Å². The molecule has 92 valence electrons. The van der Waals surface area contributed by atoms with Gasteiger partial charge in [-0.3, -0.25) is 4.79 Å². The highest BCUT2D eigenvalue weighted by Gasteiger charge is 2.45. The summed E-state index contributed by atoms with van der Waals surface area (Å²) in [7, 11) is -3.12. The first-order valence-electron chi connectivity index (χ1n) is 5.59. The van der Waals surface area contributed by atoms with Crippen molar-refractivity contribution in [2.75, 3.05) is 13.1 Å². The maximum Gasteiger partial charge on any atom is 0.309 e. The van der Waals surface area contributed by atoms with Crippen LogP contribution in [-0.2, 0) is 14.8 Å². The average molecular weight is 247 g/mol. The summed E-state index contributed by atoms with van der Waals surface area (Å²) in [4.78, 5) is 11.0. The van der Waals surface area contributed by atoms with E-state index in [1.54, 1.807) is 6.92 Å². The fourth-order valence-corrected chi connectivity index (χ4v) is 3.87. The molecule has 0 radical (unpaired) electrons. The number of sulfonamides is 1. The molecule has 0 atom stereocenters. The quantitative estimate of drug-likeness (QED) is 0.795. The summed E-state index contributed by atoms with van der Waals surface area (Å²) in [5.74, 6) is -0.823. The molecule has 0 aromatic rings. The van der Waals surface area contributed by atoms with Crippen molar-refractivity contribution in [3.8, 4) is 0 Å². The minimum Gasteiger partial charge on any atom is -0.481 e. The summed E-state index contributed by atoms with van der Waals surface area (Å²) in [5.41, 5.74) is -0.754. The van der Waals surface area contributed by atoms with Crippen molar-refractivity contribution in [2.24, 2.45) is 5.41 Å². The van der Waals surface area contributed by atoms with Gasteiger partial charge in [0.1, 0.15) is 0 Å². The molecule has 2 aliphatic rings. The highest BCUT2D eigenvalue weighted by atomic mass is 32.2. The Hall–Kier alpha value is -0.620. The molecule has 1 saturated heterocycles. The fraction of sp³-hybridized carbons (Fsp3) is 0.900. The number of hydrogen-bond acceptors (Lipinski definition) is 3. The van der Waals surface area contributed by atoms with Crippen LogP contribution in [0.5, 0.6) is 0 Å². The Bertz CT molecular complexity index is 391. The normalized spacial score (nSPS) is 26.6. The van der Waals surface area contributed by atoms with Gasteiger partial charge in [0.15, 0.2) is 0 Å². The van der Waals surface area contributed by atoms with E-state index in [2.05, 4.69) is 0 Å². The molecular formula is C10H17NO4S. The molecule has 0 bridgehead atoms. The Morgan fingerprint density at radius 1 is 1.31 bits per heavy atom. The first-order valence-corrected chi connectivity index (χ1v) is 7.09. The van der Waals surface area contributed by atoms with Gasteiger partial charge in [-0.1, -0.05) is 0 Å². The van der Waals surface area contributed by atoms with Gasteiger partial charge in [-0.25, -0.2) is 12.7 Å². The lowest BCUT2D eigenvalue weighted by atomic mass is 9.81. The number of carboxylic acids is 1. The minimum atomic E-state index is -3.12. The van der Waals surface area contributed by atoms with Crippen LogP contribution in [-0.4, -0.2) is 42.1 Å². The lowest BCUT2D eigenvalue weighted by molar-refractivity contribution is -0.150. The van der Waals surface area contributed by atoms with Gasteiger partial charge in [0.25, 0.3) is 0 Å². The van der Waals surface area contributed by atoms with Crippen LogP contribution in [0.2, 0.25) is 0 Å². The maximum atomic E-state index is 11.9. The molecule has 6 heteroatoms. The van der Waals surface area contributed by atoms with Crippen molar-refractivity contribution in [3.63, 3.8) is 0 Å². The topological polar surface area (TPSA) is 74.7 Å². The molecule has 0 aromatic carbocycles. The number of aliphatic carboxylic acids is 1. The van der Waals surface area contributed by atoms with Crippen LogP contribution in [0, 0.1) is 5.41 Å². The van der Waals surface area contributed by atoms with Crippen molar-refractivity contribution < 1.29 is 18.3 Å².